The van der Waals surface area contributed by atoms with Crippen molar-refractivity contribution < 1.29 is 4.79 Å². The lowest BCUT2D eigenvalue weighted by molar-refractivity contribution is -0.135. The number of carbonyl (C=O) groups is 1. The largest absolute Gasteiger partial charge is 0.399 e. The van der Waals surface area contributed by atoms with E-state index in [0.717, 1.165) is 43.5 Å². The van der Waals surface area contributed by atoms with Crippen molar-refractivity contribution in [2.75, 3.05) is 12.3 Å². The van der Waals surface area contributed by atoms with Crippen LogP contribution in [0.25, 0.3) is 0 Å². The third-order valence-electron chi connectivity index (χ3n) is 4.15. The van der Waals surface area contributed by atoms with Crippen molar-refractivity contribution >= 4 is 11.6 Å². The van der Waals surface area contributed by atoms with Gasteiger partial charge >= 0.3 is 0 Å². The van der Waals surface area contributed by atoms with E-state index in [1.54, 1.807) is 0 Å². The molecule has 20 heavy (non-hydrogen) atoms. The van der Waals surface area contributed by atoms with E-state index < -0.39 is 0 Å². The smallest absolute Gasteiger partial charge is 0.223 e. The van der Waals surface area contributed by atoms with Crippen LogP contribution in [0.5, 0.6) is 0 Å². The summed E-state index contributed by atoms with van der Waals surface area (Å²) in [6.45, 7) is 3.14. The van der Waals surface area contributed by atoms with E-state index in [2.05, 4.69) is 11.8 Å². The van der Waals surface area contributed by atoms with E-state index in [0.29, 0.717) is 18.4 Å². The summed E-state index contributed by atoms with van der Waals surface area (Å²) in [5, 5.41) is 0. The number of hydrogen-bond acceptors (Lipinski definition) is 2. The van der Waals surface area contributed by atoms with Gasteiger partial charge in [-0.25, -0.2) is 0 Å². The van der Waals surface area contributed by atoms with Gasteiger partial charge in [0, 0.05) is 24.7 Å². The van der Waals surface area contributed by atoms with Crippen molar-refractivity contribution in [3.8, 4) is 0 Å². The number of piperidine rings is 1. The molecule has 0 saturated carbocycles. The molecule has 0 aromatic heterocycles. The number of hydrogen-bond donors (Lipinski definition) is 1. The molecule has 1 atom stereocenters. The van der Waals surface area contributed by atoms with Gasteiger partial charge in [-0.2, -0.15) is 0 Å². The second-order valence-electron chi connectivity index (χ2n) is 5.77. The second-order valence-corrected chi connectivity index (χ2v) is 5.77. The van der Waals surface area contributed by atoms with Crippen molar-refractivity contribution in [3.05, 3.63) is 29.8 Å². The number of rotatable bonds is 5. The zero-order valence-electron chi connectivity index (χ0n) is 12.5. The SMILES string of the molecule is CCCC1CCCCN1C(=O)CCc1cccc(N)c1. The predicted molar refractivity (Wildman–Crippen MR) is 83.4 cm³/mol. The number of nitrogens with zero attached hydrogens (tertiary/aromatic N) is 1. The molecule has 1 amide bonds. The molecule has 110 valence electrons. The maximum Gasteiger partial charge on any atom is 0.223 e. The molecule has 1 aromatic carbocycles. The van der Waals surface area contributed by atoms with Crippen molar-refractivity contribution in [2.24, 2.45) is 0 Å². The lowest BCUT2D eigenvalue weighted by Crippen LogP contribution is -2.43. The molecule has 1 aromatic rings. The molecule has 2 rings (SSSR count). The van der Waals surface area contributed by atoms with Crippen LogP contribution < -0.4 is 5.73 Å². The summed E-state index contributed by atoms with van der Waals surface area (Å²) in [6, 6.07) is 8.32. The summed E-state index contributed by atoms with van der Waals surface area (Å²) in [7, 11) is 0. The topological polar surface area (TPSA) is 46.3 Å². The maximum absolute atomic E-state index is 12.4. The minimum absolute atomic E-state index is 0.311. The first-order valence-corrected chi connectivity index (χ1v) is 7.84. The first-order chi connectivity index (χ1) is 9.70. The Bertz CT molecular complexity index is 442. The standard InChI is InChI=1S/C17H26N2O/c1-2-6-16-9-3-4-12-19(16)17(20)11-10-14-7-5-8-15(18)13-14/h5,7-8,13,16H,2-4,6,9-12,18H2,1H3. The Morgan fingerprint density at radius 3 is 3.00 bits per heavy atom. The zero-order chi connectivity index (χ0) is 14.4. The molecule has 0 bridgehead atoms. The van der Waals surface area contributed by atoms with Gasteiger partial charge in [-0.1, -0.05) is 25.5 Å². The molecule has 0 spiro atoms. The van der Waals surface area contributed by atoms with Crippen LogP contribution in [-0.2, 0) is 11.2 Å². The van der Waals surface area contributed by atoms with Gasteiger partial charge in [0.05, 0.1) is 0 Å². The number of nitrogen functional groups attached to an aromatic ring is 1. The molecule has 1 aliphatic rings. The van der Waals surface area contributed by atoms with Gasteiger partial charge < -0.3 is 10.6 Å². The maximum atomic E-state index is 12.4. The molecule has 3 nitrogen and oxygen atoms in total. The van der Waals surface area contributed by atoms with Crippen LogP contribution in [-0.4, -0.2) is 23.4 Å². The summed E-state index contributed by atoms with van der Waals surface area (Å²) < 4.78 is 0. The quantitative estimate of drug-likeness (QED) is 0.837. The Morgan fingerprint density at radius 2 is 2.25 bits per heavy atom. The minimum atomic E-state index is 0.311. The zero-order valence-corrected chi connectivity index (χ0v) is 12.5. The van der Waals surface area contributed by atoms with Crippen molar-refractivity contribution in [3.63, 3.8) is 0 Å². The number of carbonyl (C=O) groups excluding carboxylic acids is 1. The number of likely N-dealkylation sites (tertiary alicyclic amines) is 1. The highest BCUT2D eigenvalue weighted by atomic mass is 16.2. The number of benzene rings is 1. The average Bonchev–Trinajstić information content (AvgIpc) is 2.46. The summed E-state index contributed by atoms with van der Waals surface area (Å²) in [6.07, 6.45) is 7.29. The minimum Gasteiger partial charge on any atom is -0.399 e. The number of nitrogens with two attached hydrogens (primary N) is 1. The molecule has 1 heterocycles. The Hall–Kier alpha value is -1.51. The highest BCUT2D eigenvalue weighted by Crippen LogP contribution is 2.22. The van der Waals surface area contributed by atoms with Crippen LogP contribution in [0.15, 0.2) is 24.3 Å². The van der Waals surface area contributed by atoms with Crippen LogP contribution in [0.4, 0.5) is 5.69 Å². The van der Waals surface area contributed by atoms with Gasteiger partial charge in [0.25, 0.3) is 0 Å². The van der Waals surface area contributed by atoms with Crippen LogP contribution in [0.3, 0.4) is 0 Å². The number of anilines is 1. The predicted octanol–water partition coefficient (Wildman–Crippen LogP) is 3.38. The van der Waals surface area contributed by atoms with Crippen LogP contribution in [0.2, 0.25) is 0 Å². The second kappa shape index (κ2) is 7.32. The highest BCUT2D eigenvalue weighted by Gasteiger charge is 2.25. The molecular weight excluding hydrogens is 248 g/mol. The molecule has 0 radical (unpaired) electrons. The number of amides is 1. The molecule has 2 N–H and O–H groups in total. The van der Waals surface area contributed by atoms with Gasteiger partial charge in [0.2, 0.25) is 5.91 Å². The Morgan fingerprint density at radius 1 is 1.40 bits per heavy atom. The van der Waals surface area contributed by atoms with Gasteiger partial charge in [-0.3, -0.25) is 4.79 Å². The first-order valence-electron chi connectivity index (χ1n) is 7.84. The molecular formula is C17H26N2O. The molecule has 0 aliphatic carbocycles. The van der Waals surface area contributed by atoms with E-state index in [-0.39, 0.29) is 0 Å². The molecule has 3 heteroatoms. The third kappa shape index (κ3) is 3.99. The van der Waals surface area contributed by atoms with E-state index in [1.165, 1.54) is 12.8 Å². The fourth-order valence-corrected chi connectivity index (χ4v) is 3.11. The Labute approximate surface area is 122 Å². The average molecular weight is 274 g/mol. The summed E-state index contributed by atoms with van der Waals surface area (Å²) >= 11 is 0. The van der Waals surface area contributed by atoms with Gasteiger partial charge in [-0.05, 0) is 49.8 Å². The fourth-order valence-electron chi connectivity index (χ4n) is 3.11. The van der Waals surface area contributed by atoms with Gasteiger partial charge in [0.15, 0.2) is 0 Å². The Kier molecular flexibility index (Phi) is 5.45. The molecule has 1 fully saturated rings. The first kappa shape index (κ1) is 14.9. The highest BCUT2D eigenvalue weighted by molar-refractivity contribution is 5.77. The van der Waals surface area contributed by atoms with Crippen LogP contribution >= 0.6 is 0 Å². The Balaban J connectivity index is 1.89. The van der Waals surface area contributed by atoms with Crippen LogP contribution in [0.1, 0.15) is 51.0 Å². The monoisotopic (exact) mass is 274 g/mol. The fraction of sp³-hybridized carbons (Fsp3) is 0.588. The lowest BCUT2D eigenvalue weighted by atomic mass is 9.97. The lowest BCUT2D eigenvalue weighted by Gasteiger charge is -2.36. The molecule has 1 saturated heterocycles. The summed E-state index contributed by atoms with van der Waals surface area (Å²) in [5.74, 6) is 0.311. The summed E-state index contributed by atoms with van der Waals surface area (Å²) in [4.78, 5) is 14.6. The van der Waals surface area contributed by atoms with Gasteiger partial charge in [0.1, 0.15) is 0 Å². The van der Waals surface area contributed by atoms with Gasteiger partial charge in [-0.15, -0.1) is 0 Å². The van der Waals surface area contributed by atoms with E-state index in [4.69, 9.17) is 5.73 Å². The molecule has 1 aliphatic heterocycles. The van der Waals surface area contributed by atoms with Crippen molar-refractivity contribution in [1.29, 1.82) is 0 Å². The third-order valence-corrected chi connectivity index (χ3v) is 4.15. The van der Waals surface area contributed by atoms with E-state index in [9.17, 15) is 4.79 Å². The van der Waals surface area contributed by atoms with E-state index in [1.807, 2.05) is 24.3 Å². The normalized spacial score (nSPS) is 19.1. The summed E-state index contributed by atoms with van der Waals surface area (Å²) in [5.41, 5.74) is 7.70. The van der Waals surface area contributed by atoms with E-state index >= 15 is 0 Å². The molecule has 1 unspecified atom stereocenters. The van der Waals surface area contributed by atoms with Crippen LogP contribution in [0, 0.1) is 0 Å². The number of aryl methyl sites for hydroxylation is 1. The van der Waals surface area contributed by atoms with Crippen molar-refractivity contribution in [2.45, 2.75) is 57.9 Å². The van der Waals surface area contributed by atoms with Crippen molar-refractivity contribution in [1.82, 2.24) is 4.90 Å².